The Kier molecular flexibility index (Phi) is 8.58. The minimum atomic E-state index is -3.02. The Balaban J connectivity index is 0.00000101. The highest BCUT2D eigenvalue weighted by molar-refractivity contribution is 5.89. The second-order valence-corrected chi connectivity index (χ2v) is 5.61. The fourth-order valence-electron chi connectivity index (χ4n) is 1.35. The molecule has 0 aliphatic heterocycles. The molecular weight excluding hydrogens is 343 g/mol. The SMILES string of the molecule is CC(C)(F)C(=O)NCc1cnc(C(F)F)c(C(=O)O)c1.CN(C)C=O. The van der Waals surface area contributed by atoms with Gasteiger partial charge in [0.05, 0.1) is 5.56 Å². The molecule has 140 valence electrons. The predicted octanol–water partition coefficient (Wildman–Crippen LogP) is 1.79. The molecule has 1 rings (SSSR count). The Labute approximate surface area is 142 Å². The molecule has 0 unspecified atom stereocenters. The minimum Gasteiger partial charge on any atom is -0.478 e. The molecule has 10 heteroatoms. The van der Waals surface area contributed by atoms with E-state index in [-0.39, 0.29) is 12.1 Å². The number of aromatic carboxylic acids is 1. The van der Waals surface area contributed by atoms with Gasteiger partial charge in [-0.3, -0.25) is 14.6 Å². The summed E-state index contributed by atoms with van der Waals surface area (Å²) >= 11 is 0. The molecule has 1 aromatic rings. The summed E-state index contributed by atoms with van der Waals surface area (Å²) < 4.78 is 38.3. The zero-order chi connectivity index (χ0) is 19.8. The molecule has 25 heavy (non-hydrogen) atoms. The number of carbonyl (C=O) groups is 3. The summed E-state index contributed by atoms with van der Waals surface area (Å²) in [7, 11) is 3.38. The standard InChI is InChI=1S/C12H13F3N2O3.C3H7NO/c1-12(2,15)11(20)17-5-6-3-7(10(18)19)8(9(13)14)16-4-6;1-4(2)3-5/h3-4,9H,5H2,1-2H3,(H,17,20)(H,18,19);3H,1-2H3. The average molecular weight is 363 g/mol. The van der Waals surface area contributed by atoms with Crippen LogP contribution in [0, 0.1) is 0 Å². The van der Waals surface area contributed by atoms with Gasteiger partial charge in [-0.2, -0.15) is 0 Å². The van der Waals surface area contributed by atoms with E-state index in [1.54, 1.807) is 14.1 Å². The lowest BCUT2D eigenvalue weighted by molar-refractivity contribution is -0.130. The van der Waals surface area contributed by atoms with Crippen LogP contribution in [-0.4, -0.2) is 53.0 Å². The fraction of sp³-hybridized carbons (Fsp3) is 0.467. The predicted molar refractivity (Wildman–Crippen MR) is 82.9 cm³/mol. The van der Waals surface area contributed by atoms with E-state index in [2.05, 4.69) is 10.3 Å². The second-order valence-electron chi connectivity index (χ2n) is 5.61. The van der Waals surface area contributed by atoms with Gasteiger partial charge in [-0.25, -0.2) is 18.0 Å². The molecule has 1 heterocycles. The topological polar surface area (TPSA) is 99.6 Å². The maximum Gasteiger partial charge on any atom is 0.337 e. The Morgan fingerprint density at radius 1 is 1.40 bits per heavy atom. The molecule has 0 aromatic carbocycles. The van der Waals surface area contributed by atoms with Gasteiger partial charge in [-0.05, 0) is 25.5 Å². The summed E-state index contributed by atoms with van der Waals surface area (Å²) in [6.07, 6.45) is -1.26. The highest BCUT2D eigenvalue weighted by Gasteiger charge is 2.26. The van der Waals surface area contributed by atoms with Crippen molar-refractivity contribution < 1.29 is 32.7 Å². The molecule has 2 amide bonds. The lowest BCUT2D eigenvalue weighted by Crippen LogP contribution is -2.38. The minimum absolute atomic E-state index is 0.185. The van der Waals surface area contributed by atoms with Crippen molar-refractivity contribution in [3.63, 3.8) is 0 Å². The maximum atomic E-state index is 13.2. The molecule has 0 saturated carbocycles. The van der Waals surface area contributed by atoms with Crippen LogP contribution in [0.15, 0.2) is 12.3 Å². The van der Waals surface area contributed by atoms with E-state index in [4.69, 9.17) is 5.11 Å². The van der Waals surface area contributed by atoms with Gasteiger partial charge >= 0.3 is 5.97 Å². The zero-order valence-corrected chi connectivity index (χ0v) is 14.2. The summed E-state index contributed by atoms with van der Waals surface area (Å²) in [5.74, 6) is -2.45. The number of halogens is 3. The lowest BCUT2D eigenvalue weighted by atomic mass is 10.1. The van der Waals surface area contributed by atoms with Crippen LogP contribution in [0.5, 0.6) is 0 Å². The van der Waals surface area contributed by atoms with Crippen LogP contribution < -0.4 is 5.32 Å². The van der Waals surface area contributed by atoms with Crippen LogP contribution in [0.25, 0.3) is 0 Å². The molecule has 0 aliphatic carbocycles. The summed E-state index contributed by atoms with van der Waals surface area (Å²) in [4.78, 5) is 36.4. The molecule has 0 saturated heterocycles. The fourth-order valence-corrected chi connectivity index (χ4v) is 1.35. The van der Waals surface area contributed by atoms with Crippen LogP contribution in [0.3, 0.4) is 0 Å². The van der Waals surface area contributed by atoms with Crippen molar-refractivity contribution in [2.45, 2.75) is 32.5 Å². The van der Waals surface area contributed by atoms with E-state index >= 15 is 0 Å². The molecule has 0 aliphatic rings. The monoisotopic (exact) mass is 363 g/mol. The quantitative estimate of drug-likeness (QED) is 0.751. The number of amides is 2. The van der Waals surface area contributed by atoms with E-state index in [9.17, 15) is 27.6 Å². The Bertz CT molecular complexity index is 617. The Morgan fingerprint density at radius 2 is 1.92 bits per heavy atom. The number of carboxylic acid groups (broad SMARTS) is 1. The van der Waals surface area contributed by atoms with Gasteiger partial charge in [0.15, 0.2) is 5.67 Å². The van der Waals surface area contributed by atoms with Crippen LogP contribution in [0.1, 0.15) is 41.9 Å². The molecule has 0 spiro atoms. The first-order valence-electron chi connectivity index (χ1n) is 6.99. The van der Waals surface area contributed by atoms with Gasteiger partial charge in [-0.15, -0.1) is 0 Å². The molecular formula is C15H20F3N3O4. The van der Waals surface area contributed by atoms with Crippen molar-refractivity contribution in [2.24, 2.45) is 0 Å². The molecule has 0 atom stereocenters. The third kappa shape index (κ3) is 8.13. The number of alkyl halides is 3. The zero-order valence-electron chi connectivity index (χ0n) is 14.2. The number of hydrogen-bond donors (Lipinski definition) is 2. The maximum absolute atomic E-state index is 13.2. The van der Waals surface area contributed by atoms with Crippen molar-refractivity contribution in [1.82, 2.24) is 15.2 Å². The molecule has 0 fully saturated rings. The molecule has 0 radical (unpaired) electrons. The number of hydrogen-bond acceptors (Lipinski definition) is 4. The lowest BCUT2D eigenvalue weighted by Gasteiger charge is -2.14. The number of carboxylic acids is 1. The highest BCUT2D eigenvalue weighted by Crippen LogP contribution is 2.21. The van der Waals surface area contributed by atoms with E-state index in [0.717, 1.165) is 32.5 Å². The van der Waals surface area contributed by atoms with Crippen molar-refractivity contribution >= 4 is 18.3 Å². The Morgan fingerprint density at radius 3 is 2.28 bits per heavy atom. The smallest absolute Gasteiger partial charge is 0.337 e. The van der Waals surface area contributed by atoms with E-state index < -0.39 is 35.2 Å². The second kappa shape index (κ2) is 9.60. The Hall–Kier alpha value is -2.65. The van der Waals surface area contributed by atoms with Crippen molar-refractivity contribution in [2.75, 3.05) is 14.1 Å². The van der Waals surface area contributed by atoms with Crippen molar-refractivity contribution in [3.8, 4) is 0 Å². The summed E-state index contributed by atoms with van der Waals surface area (Å²) in [5.41, 5.74) is -3.40. The van der Waals surface area contributed by atoms with Crippen molar-refractivity contribution in [3.05, 3.63) is 29.1 Å². The molecule has 0 bridgehead atoms. The van der Waals surface area contributed by atoms with Gasteiger partial charge in [0.1, 0.15) is 5.69 Å². The third-order valence-electron chi connectivity index (χ3n) is 2.62. The van der Waals surface area contributed by atoms with E-state index in [1.165, 1.54) is 4.90 Å². The van der Waals surface area contributed by atoms with Crippen LogP contribution in [0.4, 0.5) is 13.2 Å². The van der Waals surface area contributed by atoms with Gasteiger partial charge < -0.3 is 15.3 Å². The van der Waals surface area contributed by atoms with Gasteiger partial charge in [0, 0.05) is 26.8 Å². The van der Waals surface area contributed by atoms with Gasteiger partial charge in [-0.1, -0.05) is 0 Å². The number of nitrogens with one attached hydrogen (secondary N) is 1. The first-order chi connectivity index (χ1) is 11.4. The van der Waals surface area contributed by atoms with Crippen LogP contribution in [-0.2, 0) is 16.1 Å². The number of aromatic nitrogens is 1. The van der Waals surface area contributed by atoms with Crippen LogP contribution in [0.2, 0.25) is 0 Å². The molecule has 7 nitrogen and oxygen atoms in total. The summed E-state index contributed by atoms with van der Waals surface area (Å²) in [5, 5.41) is 11.0. The highest BCUT2D eigenvalue weighted by atomic mass is 19.3. The average Bonchev–Trinajstić information content (AvgIpc) is 2.51. The van der Waals surface area contributed by atoms with Gasteiger partial charge in [0.2, 0.25) is 6.41 Å². The van der Waals surface area contributed by atoms with Crippen LogP contribution >= 0.6 is 0 Å². The number of pyridine rings is 1. The first kappa shape index (κ1) is 22.4. The molecule has 1 aromatic heterocycles. The summed E-state index contributed by atoms with van der Waals surface area (Å²) in [6, 6.07) is 0.975. The first-order valence-corrected chi connectivity index (χ1v) is 6.99. The summed E-state index contributed by atoms with van der Waals surface area (Å²) in [6.45, 7) is 1.91. The van der Waals surface area contributed by atoms with Crippen molar-refractivity contribution in [1.29, 1.82) is 0 Å². The molecule has 2 N–H and O–H groups in total. The number of carbonyl (C=O) groups excluding carboxylic acids is 2. The van der Waals surface area contributed by atoms with E-state index in [0.29, 0.717) is 0 Å². The normalized spacial score (nSPS) is 10.6. The van der Waals surface area contributed by atoms with E-state index in [1.807, 2.05) is 0 Å². The number of nitrogens with zero attached hydrogens (tertiary/aromatic N) is 2. The number of rotatable bonds is 6. The largest absolute Gasteiger partial charge is 0.478 e. The van der Waals surface area contributed by atoms with Gasteiger partial charge in [0.25, 0.3) is 12.3 Å². The third-order valence-corrected chi connectivity index (χ3v) is 2.62.